The van der Waals surface area contributed by atoms with E-state index >= 15 is 0 Å². The first kappa shape index (κ1) is 17.5. The molecule has 0 radical (unpaired) electrons. The van der Waals surface area contributed by atoms with Crippen LogP contribution in [0.4, 0.5) is 13.2 Å². The molecule has 28 heavy (non-hydrogen) atoms. The Hall–Kier alpha value is -3.93. The van der Waals surface area contributed by atoms with Crippen LogP contribution in [-0.4, -0.2) is 14.0 Å². The molecule has 1 aromatic carbocycles. The van der Waals surface area contributed by atoms with E-state index in [1.807, 2.05) is 0 Å². The Bertz CT molecular complexity index is 1410. The van der Waals surface area contributed by atoms with E-state index in [0.29, 0.717) is 4.57 Å². The van der Waals surface area contributed by atoms with Gasteiger partial charge in [0.2, 0.25) is 0 Å². The Morgan fingerprint density at radius 3 is 2.43 bits per heavy atom. The number of hydrogen-bond acceptors (Lipinski definition) is 4. The van der Waals surface area contributed by atoms with Gasteiger partial charge < -0.3 is 0 Å². The molecule has 0 N–H and O–H groups in total. The van der Waals surface area contributed by atoms with E-state index in [2.05, 4.69) is 4.98 Å². The van der Waals surface area contributed by atoms with Crippen molar-refractivity contribution < 1.29 is 13.2 Å². The highest BCUT2D eigenvalue weighted by atomic mass is 19.4. The van der Waals surface area contributed by atoms with Crippen LogP contribution in [0, 0.1) is 11.3 Å². The summed E-state index contributed by atoms with van der Waals surface area (Å²) >= 11 is 0. The van der Waals surface area contributed by atoms with Gasteiger partial charge in [-0.1, -0.05) is 18.2 Å². The van der Waals surface area contributed by atoms with Gasteiger partial charge in [-0.25, -0.2) is 4.98 Å². The fraction of sp³-hybridized carbons (Fsp3) is 0.0526. The zero-order chi connectivity index (χ0) is 20.1. The van der Waals surface area contributed by atoms with E-state index in [1.165, 1.54) is 28.8 Å². The molecule has 0 fully saturated rings. The highest BCUT2D eigenvalue weighted by molar-refractivity contribution is 5.79. The Morgan fingerprint density at radius 1 is 1.00 bits per heavy atom. The third-order valence-electron chi connectivity index (χ3n) is 4.25. The number of pyridine rings is 2. The van der Waals surface area contributed by atoms with E-state index in [4.69, 9.17) is 0 Å². The van der Waals surface area contributed by atoms with Crippen LogP contribution < -0.4 is 11.1 Å². The zero-order valence-corrected chi connectivity index (χ0v) is 13.9. The lowest BCUT2D eigenvalue weighted by Gasteiger charge is -2.16. The number of para-hydroxylation sites is 1. The SMILES string of the molecule is N#Cc1cc2c(=O)n3ccccc3nc2n(-c2ccccc2C(F)(F)F)c1=O. The first-order valence-electron chi connectivity index (χ1n) is 7.97. The molecule has 6 nitrogen and oxygen atoms in total. The second kappa shape index (κ2) is 6.06. The van der Waals surface area contributed by atoms with Gasteiger partial charge in [-0.15, -0.1) is 0 Å². The monoisotopic (exact) mass is 382 g/mol. The van der Waals surface area contributed by atoms with Crippen molar-refractivity contribution in [3.63, 3.8) is 0 Å². The Balaban J connectivity index is 2.28. The summed E-state index contributed by atoms with van der Waals surface area (Å²) < 4.78 is 42.4. The molecule has 3 heterocycles. The van der Waals surface area contributed by atoms with Gasteiger partial charge in [0.05, 0.1) is 16.6 Å². The Kier molecular flexibility index (Phi) is 3.78. The number of alkyl halides is 3. The molecule has 4 rings (SSSR count). The number of fused-ring (bicyclic) bond motifs is 2. The Morgan fingerprint density at radius 2 is 1.71 bits per heavy atom. The van der Waals surface area contributed by atoms with Crippen LogP contribution in [0.15, 0.2) is 64.3 Å². The van der Waals surface area contributed by atoms with Gasteiger partial charge >= 0.3 is 6.18 Å². The lowest BCUT2D eigenvalue weighted by Crippen LogP contribution is -2.27. The van der Waals surface area contributed by atoms with Gasteiger partial charge in [0.1, 0.15) is 17.3 Å². The summed E-state index contributed by atoms with van der Waals surface area (Å²) in [4.78, 5) is 29.8. The van der Waals surface area contributed by atoms with Crippen LogP contribution >= 0.6 is 0 Å². The van der Waals surface area contributed by atoms with Crippen molar-refractivity contribution >= 4 is 16.7 Å². The predicted molar refractivity (Wildman–Crippen MR) is 94.3 cm³/mol. The van der Waals surface area contributed by atoms with Gasteiger partial charge in [0, 0.05) is 6.20 Å². The summed E-state index contributed by atoms with van der Waals surface area (Å²) in [6, 6.07) is 11.8. The molecule has 0 aliphatic rings. The summed E-state index contributed by atoms with van der Waals surface area (Å²) in [6.07, 6.45) is -3.31. The third-order valence-corrected chi connectivity index (χ3v) is 4.25. The number of halogens is 3. The van der Waals surface area contributed by atoms with Crippen LogP contribution in [0.2, 0.25) is 0 Å². The van der Waals surface area contributed by atoms with Gasteiger partial charge in [0.15, 0.2) is 5.65 Å². The van der Waals surface area contributed by atoms with Gasteiger partial charge in [0.25, 0.3) is 11.1 Å². The maximum atomic E-state index is 13.5. The number of rotatable bonds is 1. The minimum absolute atomic E-state index is 0.142. The molecule has 0 saturated carbocycles. The topological polar surface area (TPSA) is 80.2 Å². The number of aromatic nitrogens is 3. The van der Waals surface area contributed by atoms with Crippen molar-refractivity contribution in [2.24, 2.45) is 0 Å². The van der Waals surface area contributed by atoms with Crippen LogP contribution in [0.5, 0.6) is 0 Å². The molecule has 0 atom stereocenters. The average molecular weight is 382 g/mol. The van der Waals surface area contributed by atoms with Crippen LogP contribution in [-0.2, 0) is 6.18 Å². The summed E-state index contributed by atoms with van der Waals surface area (Å²) in [7, 11) is 0. The molecule has 0 aliphatic carbocycles. The standard InChI is InChI=1S/C19H9F3N4O2/c20-19(21,22)13-5-1-2-6-14(13)26-16-12(9-11(10-23)17(26)27)18(28)25-8-4-3-7-15(25)24-16/h1-9H. The predicted octanol–water partition coefficient (Wildman–Crippen LogP) is 2.89. The van der Waals surface area contributed by atoms with Crippen LogP contribution in [0.25, 0.3) is 22.4 Å². The summed E-state index contributed by atoms with van der Waals surface area (Å²) in [6.45, 7) is 0. The van der Waals surface area contributed by atoms with Crippen LogP contribution in [0.3, 0.4) is 0 Å². The van der Waals surface area contributed by atoms with Crippen molar-refractivity contribution in [2.45, 2.75) is 6.18 Å². The zero-order valence-electron chi connectivity index (χ0n) is 13.9. The van der Waals surface area contributed by atoms with Crippen molar-refractivity contribution in [1.29, 1.82) is 5.26 Å². The van der Waals surface area contributed by atoms with E-state index in [1.54, 1.807) is 18.2 Å². The molecule has 0 aliphatic heterocycles. The molecule has 0 saturated heterocycles. The fourth-order valence-electron chi connectivity index (χ4n) is 3.02. The second-order valence-corrected chi connectivity index (χ2v) is 5.91. The first-order valence-corrected chi connectivity index (χ1v) is 7.97. The second-order valence-electron chi connectivity index (χ2n) is 5.91. The lowest BCUT2D eigenvalue weighted by atomic mass is 10.1. The highest BCUT2D eigenvalue weighted by Gasteiger charge is 2.34. The third kappa shape index (κ3) is 2.54. The van der Waals surface area contributed by atoms with E-state index in [-0.39, 0.29) is 16.7 Å². The fourth-order valence-corrected chi connectivity index (χ4v) is 3.02. The smallest absolute Gasteiger partial charge is 0.268 e. The summed E-state index contributed by atoms with van der Waals surface area (Å²) in [5, 5.41) is 9.13. The minimum atomic E-state index is -4.75. The van der Waals surface area contributed by atoms with Crippen molar-refractivity contribution in [3.8, 4) is 11.8 Å². The molecule has 138 valence electrons. The summed E-state index contributed by atoms with van der Waals surface area (Å²) in [5.41, 5.74) is -3.73. The maximum absolute atomic E-state index is 13.5. The van der Waals surface area contributed by atoms with Crippen molar-refractivity contribution in [2.75, 3.05) is 0 Å². The van der Waals surface area contributed by atoms with Crippen LogP contribution in [0.1, 0.15) is 11.1 Å². The molecule has 4 aromatic rings. The molecule has 0 amide bonds. The maximum Gasteiger partial charge on any atom is 0.418 e. The highest BCUT2D eigenvalue weighted by Crippen LogP contribution is 2.34. The number of benzene rings is 1. The molecule has 0 unspecified atom stereocenters. The molecule has 0 spiro atoms. The number of nitriles is 1. The van der Waals surface area contributed by atoms with E-state index in [0.717, 1.165) is 18.2 Å². The van der Waals surface area contributed by atoms with Gasteiger partial charge in [-0.05, 0) is 30.3 Å². The quantitative estimate of drug-likeness (QED) is 0.474. The lowest BCUT2D eigenvalue weighted by molar-refractivity contribution is -0.137. The van der Waals surface area contributed by atoms with Crippen molar-refractivity contribution in [1.82, 2.24) is 14.0 Å². The van der Waals surface area contributed by atoms with Gasteiger partial charge in [-0.2, -0.15) is 18.4 Å². The normalized spacial score (nSPS) is 11.6. The molecule has 0 bridgehead atoms. The van der Waals surface area contributed by atoms with Crippen molar-refractivity contribution in [3.05, 3.63) is 86.6 Å². The minimum Gasteiger partial charge on any atom is -0.268 e. The average Bonchev–Trinajstić information content (AvgIpc) is 2.67. The number of hydrogen-bond donors (Lipinski definition) is 0. The largest absolute Gasteiger partial charge is 0.418 e. The molecular formula is C19H9F3N4O2. The molecule has 9 heteroatoms. The molecule has 3 aromatic heterocycles. The summed E-state index contributed by atoms with van der Waals surface area (Å²) in [5.74, 6) is 0. The Labute approximate surface area is 154 Å². The van der Waals surface area contributed by atoms with E-state index in [9.17, 15) is 28.0 Å². The molecular weight excluding hydrogens is 373 g/mol. The first-order chi connectivity index (χ1) is 13.3. The van der Waals surface area contributed by atoms with Gasteiger partial charge in [-0.3, -0.25) is 18.6 Å². The van der Waals surface area contributed by atoms with E-state index < -0.39 is 34.1 Å². The number of nitrogens with zero attached hydrogens (tertiary/aromatic N) is 4.